The molecule has 2 unspecified atom stereocenters. The minimum absolute atomic E-state index is 0.141. The fraction of sp³-hybridized carbons (Fsp3) is 0.778. The SMILES string of the molecule is COC(=O)C(I)CNC(=O)C1CCCO1. The van der Waals surface area contributed by atoms with Gasteiger partial charge >= 0.3 is 5.97 Å². The van der Waals surface area contributed by atoms with Gasteiger partial charge in [0.1, 0.15) is 10.0 Å². The third-order valence-corrected chi connectivity index (χ3v) is 3.08. The summed E-state index contributed by atoms with van der Waals surface area (Å²) in [5.41, 5.74) is 0. The van der Waals surface area contributed by atoms with Crippen LogP contribution in [0, 0.1) is 0 Å². The van der Waals surface area contributed by atoms with Crippen molar-refractivity contribution in [1.29, 1.82) is 0 Å². The van der Waals surface area contributed by atoms with Crippen LogP contribution in [0.2, 0.25) is 0 Å². The van der Waals surface area contributed by atoms with Crippen molar-refractivity contribution in [2.24, 2.45) is 0 Å². The first-order valence-corrected chi connectivity index (χ1v) is 6.01. The maximum absolute atomic E-state index is 11.5. The lowest BCUT2D eigenvalue weighted by molar-refractivity contribution is -0.139. The summed E-state index contributed by atoms with van der Waals surface area (Å²) in [5.74, 6) is -0.471. The van der Waals surface area contributed by atoms with E-state index >= 15 is 0 Å². The molecule has 1 saturated heterocycles. The summed E-state index contributed by atoms with van der Waals surface area (Å²) in [5, 5.41) is 2.67. The standard InChI is InChI=1S/C9H14INO4/c1-14-9(13)6(10)5-11-8(12)7-3-2-4-15-7/h6-7H,2-5H2,1H3,(H,11,12). The van der Waals surface area contributed by atoms with Gasteiger partial charge in [-0.05, 0) is 12.8 Å². The summed E-state index contributed by atoms with van der Waals surface area (Å²) in [7, 11) is 1.33. The number of alkyl halides is 1. The number of esters is 1. The molecule has 1 fully saturated rings. The van der Waals surface area contributed by atoms with Gasteiger partial charge in [0.25, 0.3) is 0 Å². The minimum atomic E-state index is -0.349. The number of hydrogen-bond donors (Lipinski definition) is 1. The lowest BCUT2D eigenvalue weighted by atomic mass is 10.2. The first-order chi connectivity index (χ1) is 7.15. The van der Waals surface area contributed by atoms with E-state index in [1.54, 1.807) is 0 Å². The summed E-state index contributed by atoms with van der Waals surface area (Å²) in [6, 6.07) is 0. The molecule has 1 heterocycles. The molecule has 1 N–H and O–H groups in total. The highest BCUT2D eigenvalue weighted by Crippen LogP contribution is 2.12. The second-order valence-electron chi connectivity index (χ2n) is 3.24. The predicted octanol–water partition coefficient (Wildman–Crippen LogP) is 0.258. The van der Waals surface area contributed by atoms with E-state index in [1.165, 1.54) is 7.11 Å². The molecule has 1 rings (SSSR count). The molecule has 0 aromatic carbocycles. The normalized spacial score (nSPS) is 22.1. The molecule has 0 bridgehead atoms. The lowest BCUT2D eigenvalue weighted by Crippen LogP contribution is -2.39. The Bertz CT molecular complexity index is 240. The Kier molecular flexibility index (Phi) is 5.30. The van der Waals surface area contributed by atoms with Gasteiger partial charge in [0.15, 0.2) is 0 Å². The molecule has 6 heteroatoms. The second-order valence-corrected chi connectivity index (χ2v) is 4.74. The Labute approximate surface area is 102 Å². The Morgan fingerprint density at radius 1 is 1.67 bits per heavy atom. The monoisotopic (exact) mass is 327 g/mol. The molecule has 1 aliphatic heterocycles. The van der Waals surface area contributed by atoms with E-state index in [1.807, 2.05) is 22.6 Å². The Morgan fingerprint density at radius 2 is 2.40 bits per heavy atom. The molecule has 0 spiro atoms. The predicted molar refractivity (Wildman–Crippen MR) is 61.8 cm³/mol. The van der Waals surface area contributed by atoms with E-state index in [0.29, 0.717) is 6.61 Å². The molecule has 0 aromatic heterocycles. The van der Waals surface area contributed by atoms with Crippen LogP contribution in [0.4, 0.5) is 0 Å². The van der Waals surface area contributed by atoms with E-state index in [2.05, 4.69) is 10.1 Å². The van der Waals surface area contributed by atoms with Gasteiger partial charge < -0.3 is 14.8 Å². The number of methoxy groups -OCH3 is 1. The van der Waals surface area contributed by atoms with Crippen molar-refractivity contribution >= 4 is 34.5 Å². The van der Waals surface area contributed by atoms with Gasteiger partial charge in [-0.15, -0.1) is 0 Å². The van der Waals surface area contributed by atoms with E-state index < -0.39 is 0 Å². The maximum Gasteiger partial charge on any atom is 0.320 e. The summed E-state index contributed by atoms with van der Waals surface area (Å²) >= 11 is 1.93. The zero-order valence-corrected chi connectivity index (χ0v) is 10.7. The summed E-state index contributed by atoms with van der Waals surface area (Å²) < 4.78 is 9.39. The Morgan fingerprint density at radius 3 is 2.93 bits per heavy atom. The van der Waals surface area contributed by atoms with Gasteiger partial charge in [-0.2, -0.15) is 0 Å². The number of ether oxygens (including phenoxy) is 2. The smallest absolute Gasteiger partial charge is 0.320 e. The quantitative estimate of drug-likeness (QED) is 0.457. The zero-order chi connectivity index (χ0) is 11.3. The van der Waals surface area contributed by atoms with Crippen molar-refractivity contribution in [3.05, 3.63) is 0 Å². The number of carbonyl (C=O) groups excluding carboxylic acids is 2. The van der Waals surface area contributed by atoms with Crippen molar-refractivity contribution < 1.29 is 19.1 Å². The molecule has 0 saturated carbocycles. The summed E-state index contributed by atoms with van der Waals surface area (Å²) in [6.07, 6.45) is 1.34. The van der Waals surface area contributed by atoms with Crippen LogP contribution in [0.3, 0.4) is 0 Å². The van der Waals surface area contributed by atoms with Crippen molar-refractivity contribution in [2.45, 2.75) is 22.9 Å². The zero-order valence-electron chi connectivity index (χ0n) is 8.49. The largest absolute Gasteiger partial charge is 0.468 e. The van der Waals surface area contributed by atoms with Gasteiger partial charge in [-0.3, -0.25) is 9.59 Å². The molecule has 1 aliphatic rings. The number of nitrogens with one attached hydrogen (secondary N) is 1. The van der Waals surface area contributed by atoms with Crippen molar-refractivity contribution in [3.63, 3.8) is 0 Å². The van der Waals surface area contributed by atoms with E-state index in [9.17, 15) is 9.59 Å². The van der Waals surface area contributed by atoms with E-state index in [4.69, 9.17) is 4.74 Å². The van der Waals surface area contributed by atoms with Crippen LogP contribution in [0.25, 0.3) is 0 Å². The van der Waals surface area contributed by atoms with Crippen LogP contribution in [0.1, 0.15) is 12.8 Å². The highest BCUT2D eigenvalue weighted by atomic mass is 127. The first kappa shape index (κ1) is 12.7. The molecular weight excluding hydrogens is 313 g/mol. The van der Waals surface area contributed by atoms with Crippen LogP contribution in [-0.2, 0) is 19.1 Å². The fourth-order valence-corrected chi connectivity index (χ4v) is 1.77. The van der Waals surface area contributed by atoms with Crippen LogP contribution < -0.4 is 5.32 Å². The van der Waals surface area contributed by atoms with Crippen LogP contribution in [0.5, 0.6) is 0 Å². The second kappa shape index (κ2) is 6.26. The highest BCUT2D eigenvalue weighted by molar-refractivity contribution is 14.1. The van der Waals surface area contributed by atoms with Crippen molar-refractivity contribution in [2.75, 3.05) is 20.3 Å². The average Bonchev–Trinajstić information content (AvgIpc) is 2.77. The lowest BCUT2D eigenvalue weighted by Gasteiger charge is -2.12. The van der Waals surface area contributed by atoms with Crippen LogP contribution >= 0.6 is 22.6 Å². The van der Waals surface area contributed by atoms with Crippen LogP contribution in [0.15, 0.2) is 0 Å². The Hall–Kier alpha value is -0.370. The van der Waals surface area contributed by atoms with Gasteiger partial charge in [-0.1, -0.05) is 22.6 Å². The van der Waals surface area contributed by atoms with Gasteiger partial charge in [-0.25, -0.2) is 0 Å². The molecule has 1 amide bonds. The van der Waals surface area contributed by atoms with Crippen molar-refractivity contribution in [3.8, 4) is 0 Å². The topological polar surface area (TPSA) is 64.6 Å². The summed E-state index contributed by atoms with van der Waals surface area (Å²) in [6.45, 7) is 0.925. The third-order valence-electron chi connectivity index (χ3n) is 2.13. The van der Waals surface area contributed by atoms with E-state index in [0.717, 1.165) is 12.8 Å². The molecule has 2 atom stereocenters. The van der Waals surface area contributed by atoms with E-state index in [-0.39, 0.29) is 28.4 Å². The highest BCUT2D eigenvalue weighted by Gasteiger charge is 2.24. The third kappa shape index (κ3) is 3.94. The van der Waals surface area contributed by atoms with Gasteiger partial charge in [0, 0.05) is 13.2 Å². The van der Waals surface area contributed by atoms with Gasteiger partial charge in [0.2, 0.25) is 5.91 Å². The summed E-state index contributed by atoms with van der Waals surface area (Å²) in [4.78, 5) is 22.5. The first-order valence-electron chi connectivity index (χ1n) is 4.76. The number of hydrogen-bond acceptors (Lipinski definition) is 4. The average molecular weight is 327 g/mol. The molecule has 0 radical (unpaired) electrons. The number of rotatable bonds is 4. The molecule has 0 aromatic rings. The number of carbonyl (C=O) groups is 2. The molecule has 5 nitrogen and oxygen atoms in total. The van der Waals surface area contributed by atoms with Crippen molar-refractivity contribution in [1.82, 2.24) is 5.32 Å². The molecule has 15 heavy (non-hydrogen) atoms. The van der Waals surface area contributed by atoms with Gasteiger partial charge in [0.05, 0.1) is 7.11 Å². The minimum Gasteiger partial charge on any atom is -0.468 e. The number of halogens is 1. The molecular formula is C9H14INO4. The van der Waals surface area contributed by atoms with Crippen LogP contribution in [-0.4, -0.2) is 42.2 Å². The fourth-order valence-electron chi connectivity index (χ4n) is 1.30. The number of amides is 1. The Balaban J connectivity index is 2.24. The molecule has 0 aliphatic carbocycles. The maximum atomic E-state index is 11.5. The molecule has 86 valence electrons.